The van der Waals surface area contributed by atoms with Crippen LogP contribution in [0.5, 0.6) is 0 Å². The van der Waals surface area contributed by atoms with E-state index in [0.29, 0.717) is 0 Å². The molecular formula is C5H9N2. The van der Waals surface area contributed by atoms with Gasteiger partial charge in [-0.25, -0.2) is 0 Å². The highest BCUT2D eigenvalue weighted by Gasteiger charge is 2.06. The molecule has 1 rings (SSSR count). The van der Waals surface area contributed by atoms with Crippen LogP contribution in [0.25, 0.3) is 0 Å². The molecule has 1 aliphatic heterocycles. The lowest BCUT2D eigenvalue weighted by Crippen LogP contribution is -2.12. The minimum absolute atomic E-state index is 0.936. The van der Waals surface area contributed by atoms with E-state index in [-0.39, 0.29) is 0 Å². The Morgan fingerprint density at radius 3 is 2.43 bits per heavy atom. The van der Waals surface area contributed by atoms with E-state index in [4.69, 9.17) is 0 Å². The topological polar surface area (TPSA) is 24.4 Å². The second-order valence-electron chi connectivity index (χ2n) is 1.79. The summed E-state index contributed by atoms with van der Waals surface area (Å²) in [4.78, 5) is 4.11. The van der Waals surface area contributed by atoms with E-state index in [1.54, 1.807) is 0 Å². The number of rotatable bonds is 0. The maximum absolute atomic E-state index is 4.11. The Morgan fingerprint density at radius 2 is 2.29 bits per heavy atom. The van der Waals surface area contributed by atoms with Crippen molar-refractivity contribution in [3.8, 4) is 0 Å². The van der Waals surface area contributed by atoms with E-state index >= 15 is 0 Å². The van der Waals surface area contributed by atoms with Crippen molar-refractivity contribution in [2.45, 2.75) is 13.8 Å². The molecule has 1 radical (unpaired) electrons. The van der Waals surface area contributed by atoms with Gasteiger partial charge in [0.15, 0.2) is 0 Å². The highest BCUT2D eigenvalue weighted by Crippen LogP contribution is 2.00. The van der Waals surface area contributed by atoms with Crippen LogP contribution in [0, 0.1) is 6.17 Å². The number of hydrogen-bond acceptors (Lipinski definition) is 2. The first-order valence-electron chi connectivity index (χ1n) is 2.40. The van der Waals surface area contributed by atoms with Crippen molar-refractivity contribution in [3.63, 3.8) is 0 Å². The van der Waals surface area contributed by atoms with E-state index in [1.807, 2.05) is 13.8 Å². The highest BCUT2D eigenvalue weighted by molar-refractivity contribution is 5.86. The fraction of sp³-hybridized carbons (Fsp3) is 0.600. The maximum Gasteiger partial charge on any atom is 0.146 e. The summed E-state index contributed by atoms with van der Waals surface area (Å²) in [5.41, 5.74) is 1.18. The van der Waals surface area contributed by atoms with Gasteiger partial charge in [-0.1, -0.05) is 0 Å². The van der Waals surface area contributed by atoms with Crippen molar-refractivity contribution in [1.82, 2.24) is 5.32 Å². The summed E-state index contributed by atoms with van der Waals surface area (Å²) >= 11 is 0. The van der Waals surface area contributed by atoms with Crippen LogP contribution in [-0.2, 0) is 0 Å². The number of nitrogens with one attached hydrogen (secondary N) is 1. The van der Waals surface area contributed by atoms with Gasteiger partial charge in [0, 0.05) is 12.3 Å². The quantitative estimate of drug-likeness (QED) is 0.469. The van der Waals surface area contributed by atoms with Crippen LogP contribution in [0.2, 0.25) is 0 Å². The first kappa shape index (κ1) is 4.78. The summed E-state index contributed by atoms with van der Waals surface area (Å²) in [5.74, 6) is 0. The molecule has 0 atom stereocenters. The lowest BCUT2D eigenvalue weighted by Gasteiger charge is -1.90. The van der Waals surface area contributed by atoms with Crippen LogP contribution in [0.3, 0.4) is 0 Å². The molecule has 0 amide bonds. The Kier molecular flexibility index (Phi) is 1.11. The smallest absolute Gasteiger partial charge is 0.146 e. The third kappa shape index (κ3) is 0.996. The first-order valence-corrected chi connectivity index (χ1v) is 2.40. The fourth-order valence-corrected chi connectivity index (χ4v) is 0.621. The third-order valence-corrected chi connectivity index (χ3v) is 0.959. The van der Waals surface area contributed by atoms with E-state index < -0.39 is 0 Å². The Labute approximate surface area is 43.6 Å². The van der Waals surface area contributed by atoms with Crippen molar-refractivity contribution in [2.75, 3.05) is 6.54 Å². The van der Waals surface area contributed by atoms with Gasteiger partial charge in [0.2, 0.25) is 0 Å². The molecule has 0 saturated heterocycles. The van der Waals surface area contributed by atoms with Crippen LogP contribution >= 0.6 is 0 Å². The summed E-state index contributed by atoms with van der Waals surface area (Å²) in [6.07, 6.45) is 1.04. The summed E-state index contributed by atoms with van der Waals surface area (Å²) < 4.78 is 0. The molecule has 39 valence electrons. The molecule has 0 bridgehead atoms. The molecule has 2 heteroatoms. The highest BCUT2D eigenvalue weighted by atomic mass is 15.1. The third-order valence-electron chi connectivity index (χ3n) is 0.959. The zero-order valence-electron chi connectivity index (χ0n) is 4.65. The zero-order valence-corrected chi connectivity index (χ0v) is 4.65. The average molecular weight is 97.1 g/mol. The summed E-state index contributed by atoms with van der Waals surface area (Å²) in [5, 5.41) is 3.08. The molecule has 0 saturated carbocycles. The van der Waals surface area contributed by atoms with Crippen molar-refractivity contribution in [2.24, 2.45) is 4.99 Å². The molecule has 0 fully saturated rings. The fourth-order valence-electron chi connectivity index (χ4n) is 0.621. The Hall–Kier alpha value is -0.370. The minimum Gasteiger partial charge on any atom is -0.285 e. The zero-order chi connectivity index (χ0) is 5.28. The second-order valence-corrected chi connectivity index (χ2v) is 1.79. The molecule has 2 nitrogen and oxygen atoms in total. The minimum atomic E-state index is 0.936. The van der Waals surface area contributed by atoms with Gasteiger partial charge in [-0.05, 0) is 13.8 Å². The van der Waals surface area contributed by atoms with E-state index in [2.05, 4.69) is 10.3 Å². The van der Waals surface area contributed by atoms with Crippen LogP contribution in [-0.4, -0.2) is 12.3 Å². The molecule has 0 aromatic heterocycles. The summed E-state index contributed by atoms with van der Waals surface area (Å²) in [7, 11) is 0. The summed E-state index contributed by atoms with van der Waals surface area (Å²) in [6.45, 7) is 4.92. The standard InChI is InChI=1S/C5H9N2/c1-4-3-6-5(2)7-4/h6H,3H2,1-2H3. The van der Waals surface area contributed by atoms with Gasteiger partial charge in [-0.2, -0.15) is 0 Å². The molecule has 1 N–H and O–H groups in total. The van der Waals surface area contributed by atoms with Crippen LogP contribution in [0.15, 0.2) is 4.99 Å². The van der Waals surface area contributed by atoms with E-state index in [9.17, 15) is 0 Å². The predicted octanol–water partition coefficient (Wildman–Crippen LogP) is 0.560. The Morgan fingerprint density at radius 1 is 1.57 bits per heavy atom. The monoisotopic (exact) mass is 97.1 g/mol. The number of aliphatic imine (C=N–C) groups is 1. The van der Waals surface area contributed by atoms with Gasteiger partial charge >= 0.3 is 0 Å². The Bertz CT molecular complexity index is 96.3. The SMILES string of the molecule is C[C]1N=C(C)CN1. The van der Waals surface area contributed by atoms with Crippen molar-refractivity contribution in [3.05, 3.63) is 6.17 Å². The lowest BCUT2D eigenvalue weighted by atomic mass is 10.4. The van der Waals surface area contributed by atoms with E-state index in [0.717, 1.165) is 12.7 Å². The average Bonchev–Trinajstić information content (AvgIpc) is 1.87. The lowest BCUT2D eigenvalue weighted by molar-refractivity contribution is 0.820. The Balaban J connectivity index is 2.50. The van der Waals surface area contributed by atoms with Gasteiger partial charge in [0.1, 0.15) is 6.17 Å². The molecular weight excluding hydrogens is 88.1 g/mol. The van der Waals surface area contributed by atoms with Gasteiger partial charge in [0.05, 0.1) is 0 Å². The molecule has 1 heterocycles. The molecule has 0 aromatic rings. The van der Waals surface area contributed by atoms with Gasteiger partial charge < -0.3 is 0 Å². The molecule has 1 aliphatic rings. The van der Waals surface area contributed by atoms with Crippen LogP contribution in [0.1, 0.15) is 13.8 Å². The van der Waals surface area contributed by atoms with Crippen molar-refractivity contribution in [1.29, 1.82) is 0 Å². The predicted molar refractivity (Wildman–Crippen MR) is 30.0 cm³/mol. The molecule has 0 aromatic carbocycles. The second kappa shape index (κ2) is 1.62. The molecule has 0 aliphatic carbocycles. The molecule has 7 heavy (non-hydrogen) atoms. The normalized spacial score (nSPS) is 22.9. The van der Waals surface area contributed by atoms with Gasteiger partial charge in [-0.3, -0.25) is 10.3 Å². The van der Waals surface area contributed by atoms with Crippen LogP contribution < -0.4 is 5.32 Å². The van der Waals surface area contributed by atoms with Crippen molar-refractivity contribution >= 4 is 5.71 Å². The largest absolute Gasteiger partial charge is 0.285 e. The molecule has 0 unspecified atom stereocenters. The summed E-state index contributed by atoms with van der Waals surface area (Å²) in [6, 6.07) is 0. The van der Waals surface area contributed by atoms with E-state index in [1.165, 1.54) is 5.71 Å². The van der Waals surface area contributed by atoms with Crippen molar-refractivity contribution < 1.29 is 0 Å². The maximum atomic E-state index is 4.11. The van der Waals surface area contributed by atoms with Gasteiger partial charge in [-0.15, -0.1) is 0 Å². The molecule has 0 spiro atoms. The number of nitrogens with zero attached hydrogens (tertiary/aromatic N) is 1. The first-order chi connectivity index (χ1) is 3.29. The van der Waals surface area contributed by atoms with Gasteiger partial charge in [0.25, 0.3) is 0 Å². The van der Waals surface area contributed by atoms with Crippen LogP contribution in [0.4, 0.5) is 0 Å². The number of hydrogen-bond donors (Lipinski definition) is 1.